The molecule has 116 valence electrons. The van der Waals surface area contributed by atoms with Gasteiger partial charge in [-0.05, 0) is 0 Å². The van der Waals surface area contributed by atoms with Crippen LogP contribution in [-0.2, 0) is 11.3 Å². The number of aliphatic hydroxyl groups excluding tert-OH is 2. The number of fused-ring (bicyclic) bond motifs is 1. The maximum atomic E-state index is 10.00. The lowest BCUT2D eigenvalue weighted by Gasteiger charge is -2.36. The van der Waals surface area contributed by atoms with Gasteiger partial charge in [-0.2, -0.15) is 0 Å². The molecule has 0 spiro atoms. The molecule has 3 rings (SSSR count). The third-order valence-corrected chi connectivity index (χ3v) is 3.49. The van der Waals surface area contributed by atoms with E-state index in [0.29, 0.717) is 17.0 Å². The minimum absolute atomic E-state index is 0. The molecule has 0 aromatic carbocycles. The summed E-state index contributed by atoms with van der Waals surface area (Å²) < 4.78 is 7.17. The van der Waals surface area contributed by atoms with Crippen molar-refractivity contribution < 1.29 is 14.9 Å². The number of hydrogen-bond acceptors (Lipinski definition) is 8. The van der Waals surface area contributed by atoms with Gasteiger partial charge in [0, 0.05) is 0 Å². The molecule has 3 heterocycles. The zero-order valence-electron chi connectivity index (χ0n) is 11.0. The highest BCUT2D eigenvalue weighted by Crippen LogP contribution is 2.20. The van der Waals surface area contributed by atoms with Crippen LogP contribution in [0.2, 0.25) is 0 Å². The van der Waals surface area contributed by atoms with Gasteiger partial charge in [0.15, 0.2) is 11.5 Å². The molecule has 1 fully saturated rings. The van der Waals surface area contributed by atoms with Crippen molar-refractivity contribution in [3.05, 3.63) is 12.7 Å². The lowest BCUT2D eigenvalue weighted by molar-refractivity contribution is -0.148. The highest BCUT2D eigenvalue weighted by molar-refractivity contribution is 5.85. The number of nitrogens with two attached hydrogens (primary N) is 2. The predicted octanol–water partition coefficient (Wildman–Crippen LogP) is -1.72. The second-order valence-electron chi connectivity index (χ2n) is 4.84. The molecule has 0 amide bonds. The van der Waals surface area contributed by atoms with E-state index < -0.39 is 24.4 Å². The number of ether oxygens (including phenoxy) is 1. The van der Waals surface area contributed by atoms with Crippen LogP contribution in [0, 0.1) is 0 Å². The fourth-order valence-corrected chi connectivity index (χ4v) is 2.33. The van der Waals surface area contributed by atoms with Crippen molar-refractivity contribution in [2.24, 2.45) is 5.73 Å². The number of anilines is 1. The van der Waals surface area contributed by atoms with E-state index in [1.54, 1.807) is 10.9 Å². The Morgan fingerprint density at radius 1 is 1.29 bits per heavy atom. The van der Waals surface area contributed by atoms with E-state index in [9.17, 15) is 10.2 Å². The summed E-state index contributed by atoms with van der Waals surface area (Å²) in [6.45, 7) is 0.459. The van der Waals surface area contributed by atoms with Crippen molar-refractivity contribution in [1.29, 1.82) is 0 Å². The van der Waals surface area contributed by atoms with Crippen molar-refractivity contribution in [2.75, 3.05) is 12.3 Å². The summed E-state index contributed by atoms with van der Waals surface area (Å²) >= 11 is 0. The SMILES string of the molecule is Cl.Nc1ncnc2ncn(C[C@H]3OC[C@@H](N)[C@H](O)[C@@H]3O)c12. The molecule has 9 nitrogen and oxygen atoms in total. The second-order valence-corrected chi connectivity index (χ2v) is 4.84. The van der Waals surface area contributed by atoms with Crippen molar-refractivity contribution in [3.8, 4) is 0 Å². The number of nitrogen functional groups attached to an aromatic ring is 1. The molecule has 4 atom stereocenters. The molecule has 0 saturated carbocycles. The standard InChI is InChI=1S/C11H16N6O3.ClH/c12-5-2-20-6(9(19)8(5)18)1-17-4-16-11-7(17)10(13)14-3-15-11;/h3-6,8-9,18-19H,1-2,12H2,(H2,13,14,15);1H/t5-,6-,8+,9-;/m1./s1. The average molecular weight is 317 g/mol. The summed E-state index contributed by atoms with van der Waals surface area (Å²) in [5, 5.41) is 19.8. The molecular weight excluding hydrogens is 300 g/mol. The summed E-state index contributed by atoms with van der Waals surface area (Å²) in [7, 11) is 0. The second kappa shape index (κ2) is 6.08. The lowest BCUT2D eigenvalue weighted by atomic mass is 9.99. The monoisotopic (exact) mass is 316 g/mol. The van der Waals surface area contributed by atoms with Crippen LogP contribution in [-0.4, -0.2) is 60.7 Å². The van der Waals surface area contributed by atoms with Gasteiger partial charge in [-0.1, -0.05) is 0 Å². The number of aromatic nitrogens is 4. The Balaban J connectivity index is 0.00000161. The Hall–Kier alpha value is -1.52. The van der Waals surface area contributed by atoms with Gasteiger partial charge in [0.1, 0.15) is 24.1 Å². The van der Waals surface area contributed by atoms with E-state index in [1.165, 1.54) is 6.33 Å². The lowest BCUT2D eigenvalue weighted by Crippen LogP contribution is -2.57. The first-order valence-corrected chi connectivity index (χ1v) is 6.22. The van der Waals surface area contributed by atoms with Crippen LogP contribution in [0.15, 0.2) is 12.7 Å². The van der Waals surface area contributed by atoms with Crippen LogP contribution >= 0.6 is 12.4 Å². The van der Waals surface area contributed by atoms with Crippen LogP contribution in [0.25, 0.3) is 11.2 Å². The Labute approximate surface area is 126 Å². The number of rotatable bonds is 2. The number of hydrogen-bond donors (Lipinski definition) is 4. The van der Waals surface area contributed by atoms with E-state index in [0.717, 1.165) is 0 Å². The molecule has 10 heteroatoms. The fourth-order valence-electron chi connectivity index (χ4n) is 2.33. The van der Waals surface area contributed by atoms with Crippen LogP contribution < -0.4 is 11.5 Å². The molecule has 2 aromatic heterocycles. The molecule has 0 radical (unpaired) electrons. The minimum Gasteiger partial charge on any atom is -0.389 e. The number of imidazole rings is 1. The van der Waals surface area contributed by atoms with Crippen LogP contribution in [0.1, 0.15) is 0 Å². The molecule has 1 aliphatic rings. The molecule has 0 unspecified atom stereocenters. The van der Waals surface area contributed by atoms with E-state index in [-0.39, 0.29) is 25.6 Å². The summed E-state index contributed by atoms with van der Waals surface area (Å²) in [5.41, 5.74) is 12.5. The first-order chi connectivity index (χ1) is 9.58. The van der Waals surface area contributed by atoms with Crippen LogP contribution in [0.4, 0.5) is 5.82 Å². The number of aliphatic hydroxyl groups is 2. The summed E-state index contributed by atoms with van der Waals surface area (Å²) in [4.78, 5) is 12.0. The van der Waals surface area contributed by atoms with E-state index in [1.807, 2.05) is 0 Å². The van der Waals surface area contributed by atoms with Crippen LogP contribution in [0.3, 0.4) is 0 Å². The first kappa shape index (κ1) is 15.9. The molecule has 1 aliphatic heterocycles. The third-order valence-electron chi connectivity index (χ3n) is 3.49. The quantitative estimate of drug-likeness (QED) is 0.512. The summed E-state index contributed by atoms with van der Waals surface area (Å²) in [5.74, 6) is 0.301. The Kier molecular flexibility index (Phi) is 4.59. The van der Waals surface area contributed by atoms with Gasteiger partial charge >= 0.3 is 0 Å². The molecule has 0 bridgehead atoms. The maximum absolute atomic E-state index is 10.00. The van der Waals surface area contributed by atoms with Gasteiger partial charge in [0.25, 0.3) is 0 Å². The molecule has 2 aromatic rings. The molecule has 0 aliphatic carbocycles. The molecule has 6 N–H and O–H groups in total. The first-order valence-electron chi connectivity index (χ1n) is 6.22. The van der Waals surface area contributed by atoms with Gasteiger partial charge in [-0.3, -0.25) is 0 Å². The molecular formula is C11H17ClN6O3. The summed E-state index contributed by atoms with van der Waals surface area (Å²) in [6.07, 6.45) is 0.206. The van der Waals surface area contributed by atoms with Crippen molar-refractivity contribution in [1.82, 2.24) is 19.5 Å². The zero-order valence-corrected chi connectivity index (χ0v) is 11.8. The topological polar surface area (TPSA) is 145 Å². The van der Waals surface area contributed by atoms with Gasteiger partial charge in [0.05, 0.1) is 31.6 Å². The fraction of sp³-hybridized carbons (Fsp3) is 0.545. The smallest absolute Gasteiger partial charge is 0.182 e. The summed E-state index contributed by atoms with van der Waals surface area (Å²) in [6, 6.07) is -0.589. The van der Waals surface area contributed by atoms with E-state index in [4.69, 9.17) is 16.2 Å². The zero-order chi connectivity index (χ0) is 14.3. The van der Waals surface area contributed by atoms with E-state index in [2.05, 4.69) is 15.0 Å². The number of nitrogens with zero attached hydrogens (tertiary/aromatic N) is 4. The van der Waals surface area contributed by atoms with Gasteiger partial charge in [-0.25, -0.2) is 15.0 Å². The van der Waals surface area contributed by atoms with Crippen molar-refractivity contribution in [2.45, 2.75) is 30.9 Å². The highest BCUT2D eigenvalue weighted by atomic mass is 35.5. The van der Waals surface area contributed by atoms with Gasteiger partial charge < -0.3 is 31.0 Å². The Morgan fingerprint density at radius 2 is 2.05 bits per heavy atom. The van der Waals surface area contributed by atoms with Crippen molar-refractivity contribution in [3.63, 3.8) is 0 Å². The molecule has 1 saturated heterocycles. The molecule has 21 heavy (non-hydrogen) atoms. The average Bonchev–Trinajstić information content (AvgIpc) is 2.84. The van der Waals surface area contributed by atoms with Gasteiger partial charge in [0.2, 0.25) is 0 Å². The number of halogens is 1. The predicted molar refractivity (Wildman–Crippen MR) is 76.7 cm³/mol. The maximum Gasteiger partial charge on any atom is 0.182 e. The third kappa shape index (κ3) is 2.78. The van der Waals surface area contributed by atoms with E-state index >= 15 is 0 Å². The van der Waals surface area contributed by atoms with Crippen molar-refractivity contribution >= 4 is 29.4 Å². The minimum atomic E-state index is -1.07. The largest absolute Gasteiger partial charge is 0.389 e. The van der Waals surface area contributed by atoms with Gasteiger partial charge in [-0.15, -0.1) is 12.4 Å². The van der Waals surface area contributed by atoms with Crippen LogP contribution in [0.5, 0.6) is 0 Å². The normalized spacial score (nSPS) is 29.3. The highest BCUT2D eigenvalue weighted by Gasteiger charge is 2.36. The Morgan fingerprint density at radius 3 is 2.81 bits per heavy atom. The Bertz CT molecular complexity index is 623.